The molecule has 0 radical (unpaired) electrons. The third-order valence-corrected chi connectivity index (χ3v) is 3.44. The number of alkyl halides is 2. The second-order valence-electron chi connectivity index (χ2n) is 4.17. The minimum absolute atomic E-state index is 0.0139. The zero-order valence-electron chi connectivity index (χ0n) is 8.93. The fraction of sp³-hybridized carbons (Fsp3) is 0.500. The molecule has 1 aliphatic heterocycles. The molecule has 0 bridgehead atoms. The molecule has 0 aromatic heterocycles. The van der Waals surface area contributed by atoms with Gasteiger partial charge in [0, 0.05) is 36.1 Å². The van der Waals surface area contributed by atoms with E-state index < -0.39 is 5.92 Å². The highest BCUT2D eigenvalue weighted by molar-refractivity contribution is 9.10. The molecule has 1 fully saturated rings. The summed E-state index contributed by atoms with van der Waals surface area (Å²) in [4.78, 5) is 2.04. The molecule has 16 heavy (non-hydrogen) atoms. The molecule has 0 N–H and O–H groups in total. The molecule has 0 amide bonds. The Labute approximate surface area is 103 Å². The number of anilines is 1. The van der Waals surface area contributed by atoms with Crippen molar-refractivity contribution >= 4 is 21.6 Å². The number of nitrogens with zero attached hydrogens (tertiary/aromatic N) is 1. The molecule has 1 heterocycles. The zero-order valence-corrected chi connectivity index (χ0v) is 10.5. The van der Waals surface area contributed by atoms with E-state index in [9.17, 15) is 8.78 Å². The van der Waals surface area contributed by atoms with E-state index in [-0.39, 0.29) is 12.8 Å². The summed E-state index contributed by atoms with van der Waals surface area (Å²) in [6, 6.07) is 7.82. The molecule has 0 spiro atoms. The van der Waals surface area contributed by atoms with Crippen molar-refractivity contribution in [2.24, 2.45) is 0 Å². The van der Waals surface area contributed by atoms with Gasteiger partial charge in [0.05, 0.1) is 0 Å². The highest BCUT2D eigenvalue weighted by Crippen LogP contribution is 2.30. The van der Waals surface area contributed by atoms with Crippen LogP contribution in [0.4, 0.5) is 14.5 Å². The summed E-state index contributed by atoms with van der Waals surface area (Å²) in [5, 5.41) is 0. The third-order valence-electron chi connectivity index (χ3n) is 2.91. The van der Waals surface area contributed by atoms with Gasteiger partial charge in [0.2, 0.25) is 5.92 Å². The van der Waals surface area contributed by atoms with Gasteiger partial charge in [-0.05, 0) is 30.7 Å². The van der Waals surface area contributed by atoms with E-state index in [4.69, 9.17) is 0 Å². The van der Waals surface area contributed by atoms with Crippen LogP contribution in [0.5, 0.6) is 0 Å². The van der Waals surface area contributed by atoms with Gasteiger partial charge in [0.15, 0.2) is 0 Å². The first-order chi connectivity index (χ1) is 7.57. The Morgan fingerprint density at radius 2 is 1.75 bits per heavy atom. The second kappa shape index (κ2) is 4.70. The summed E-state index contributed by atoms with van der Waals surface area (Å²) in [7, 11) is 0. The highest BCUT2D eigenvalue weighted by Gasteiger charge is 2.31. The van der Waals surface area contributed by atoms with Gasteiger partial charge in [0.25, 0.3) is 0 Å². The molecular formula is C12H14BrF2N. The Morgan fingerprint density at radius 1 is 1.06 bits per heavy atom. The van der Waals surface area contributed by atoms with Crippen LogP contribution >= 0.6 is 15.9 Å². The Kier molecular flexibility index (Phi) is 3.47. The summed E-state index contributed by atoms with van der Waals surface area (Å²) in [5.41, 5.74) is 1.03. The van der Waals surface area contributed by atoms with Gasteiger partial charge >= 0.3 is 0 Å². The fourth-order valence-electron chi connectivity index (χ4n) is 1.97. The van der Waals surface area contributed by atoms with E-state index in [1.165, 1.54) is 0 Å². The summed E-state index contributed by atoms with van der Waals surface area (Å²) in [6.45, 7) is 1.16. The number of rotatable bonds is 1. The van der Waals surface area contributed by atoms with Crippen molar-refractivity contribution in [1.82, 2.24) is 0 Å². The van der Waals surface area contributed by atoms with Gasteiger partial charge in [-0.3, -0.25) is 0 Å². The van der Waals surface area contributed by atoms with E-state index >= 15 is 0 Å². The molecule has 1 aromatic carbocycles. The van der Waals surface area contributed by atoms with Gasteiger partial charge in [0.1, 0.15) is 0 Å². The average Bonchev–Trinajstić information content (AvgIpc) is 2.41. The predicted octanol–water partition coefficient (Wildman–Crippen LogP) is 4.07. The minimum Gasteiger partial charge on any atom is -0.371 e. The first-order valence-corrected chi connectivity index (χ1v) is 6.24. The lowest BCUT2D eigenvalue weighted by molar-refractivity contribution is -0.0102. The predicted molar refractivity (Wildman–Crippen MR) is 65.2 cm³/mol. The van der Waals surface area contributed by atoms with Crippen molar-refractivity contribution in [3.05, 3.63) is 28.7 Å². The zero-order chi connectivity index (χ0) is 11.6. The third kappa shape index (κ3) is 2.94. The smallest absolute Gasteiger partial charge is 0.249 e. The summed E-state index contributed by atoms with van der Waals surface area (Å²) in [5.74, 6) is -2.48. The van der Waals surface area contributed by atoms with Crippen molar-refractivity contribution < 1.29 is 8.78 Å². The lowest BCUT2D eigenvalue weighted by Gasteiger charge is -2.22. The number of hydrogen-bond donors (Lipinski definition) is 0. The maximum atomic E-state index is 13.2. The van der Waals surface area contributed by atoms with Crippen LogP contribution in [0.2, 0.25) is 0 Å². The van der Waals surface area contributed by atoms with Gasteiger partial charge in [-0.15, -0.1) is 0 Å². The van der Waals surface area contributed by atoms with E-state index in [0.29, 0.717) is 13.0 Å². The van der Waals surface area contributed by atoms with Crippen LogP contribution in [0.1, 0.15) is 19.3 Å². The van der Waals surface area contributed by atoms with E-state index in [2.05, 4.69) is 15.9 Å². The molecule has 1 saturated heterocycles. The van der Waals surface area contributed by atoms with Crippen molar-refractivity contribution in [3.63, 3.8) is 0 Å². The molecule has 0 aliphatic carbocycles. The minimum atomic E-state index is -2.48. The first kappa shape index (κ1) is 11.8. The normalized spacial score (nSPS) is 20.6. The fourth-order valence-corrected chi connectivity index (χ4v) is 2.24. The largest absolute Gasteiger partial charge is 0.371 e. The standard InChI is InChI=1S/C12H14BrF2N/c13-10-2-4-11(5-3-10)16-8-1-6-12(14,15)7-9-16/h2-5H,1,6-9H2. The van der Waals surface area contributed by atoms with Crippen LogP contribution in [-0.2, 0) is 0 Å². The first-order valence-electron chi connectivity index (χ1n) is 5.45. The monoisotopic (exact) mass is 289 g/mol. The molecule has 0 unspecified atom stereocenters. The number of hydrogen-bond acceptors (Lipinski definition) is 1. The van der Waals surface area contributed by atoms with Gasteiger partial charge < -0.3 is 4.90 Å². The Balaban J connectivity index is 2.08. The van der Waals surface area contributed by atoms with Gasteiger partial charge in [-0.2, -0.15) is 0 Å². The lowest BCUT2D eigenvalue weighted by Crippen LogP contribution is -2.25. The number of benzene rings is 1. The summed E-state index contributed by atoms with van der Waals surface area (Å²) < 4.78 is 27.4. The van der Waals surface area contributed by atoms with Crippen LogP contribution in [0, 0.1) is 0 Å². The topological polar surface area (TPSA) is 3.24 Å². The second-order valence-corrected chi connectivity index (χ2v) is 5.09. The molecular weight excluding hydrogens is 276 g/mol. The van der Waals surface area contributed by atoms with E-state index in [1.807, 2.05) is 29.2 Å². The van der Waals surface area contributed by atoms with Crippen LogP contribution < -0.4 is 4.90 Å². The Morgan fingerprint density at radius 3 is 2.44 bits per heavy atom. The lowest BCUT2D eigenvalue weighted by atomic mass is 10.1. The van der Waals surface area contributed by atoms with Crippen LogP contribution in [0.15, 0.2) is 28.7 Å². The Hall–Kier alpha value is -0.640. The quantitative estimate of drug-likeness (QED) is 0.753. The molecule has 0 atom stereocenters. The Bertz CT molecular complexity index is 351. The van der Waals surface area contributed by atoms with Crippen LogP contribution in [0.25, 0.3) is 0 Å². The van der Waals surface area contributed by atoms with E-state index in [0.717, 1.165) is 16.7 Å². The van der Waals surface area contributed by atoms with Gasteiger partial charge in [-0.25, -0.2) is 8.78 Å². The van der Waals surface area contributed by atoms with Crippen LogP contribution in [0.3, 0.4) is 0 Å². The van der Waals surface area contributed by atoms with E-state index in [1.54, 1.807) is 0 Å². The molecule has 1 aliphatic rings. The summed E-state index contributed by atoms with van der Waals surface area (Å²) >= 11 is 3.36. The van der Waals surface area contributed by atoms with Crippen LogP contribution in [-0.4, -0.2) is 19.0 Å². The molecule has 1 aromatic rings. The maximum Gasteiger partial charge on any atom is 0.249 e. The average molecular weight is 290 g/mol. The molecule has 0 saturated carbocycles. The highest BCUT2D eigenvalue weighted by atomic mass is 79.9. The maximum absolute atomic E-state index is 13.2. The molecule has 2 rings (SSSR count). The van der Waals surface area contributed by atoms with Crippen molar-refractivity contribution in [2.75, 3.05) is 18.0 Å². The SMILES string of the molecule is FC1(F)CCCN(c2ccc(Br)cc2)CC1. The molecule has 88 valence electrons. The van der Waals surface area contributed by atoms with Crippen molar-refractivity contribution in [1.29, 1.82) is 0 Å². The summed E-state index contributed by atoms with van der Waals surface area (Å²) in [6.07, 6.45) is 0.534. The molecule has 1 nitrogen and oxygen atoms in total. The van der Waals surface area contributed by atoms with Crippen molar-refractivity contribution in [2.45, 2.75) is 25.2 Å². The van der Waals surface area contributed by atoms with Gasteiger partial charge in [-0.1, -0.05) is 15.9 Å². The molecule has 4 heteroatoms. The van der Waals surface area contributed by atoms with Crippen molar-refractivity contribution in [3.8, 4) is 0 Å². The number of halogens is 3.